The van der Waals surface area contributed by atoms with Gasteiger partial charge in [0.2, 0.25) is 0 Å². The Kier molecular flexibility index (Phi) is 4.34. The van der Waals surface area contributed by atoms with Gasteiger partial charge in [-0.25, -0.2) is 4.98 Å². The fraction of sp³-hybridized carbons (Fsp3) is 0.636. The molecule has 0 aliphatic rings. The molecule has 0 saturated heterocycles. The highest BCUT2D eigenvalue weighted by atomic mass is 15.2. The lowest BCUT2D eigenvalue weighted by molar-refractivity contribution is 0.586. The van der Waals surface area contributed by atoms with Crippen molar-refractivity contribution in [2.75, 3.05) is 24.3 Å². The zero-order chi connectivity index (χ0) is 11.3. The Bertz CT molecular complexity index is 296. The van der Waals surface area contributed by atoms with Gasteiger partial charge in [-0.05, 0) is 12.8 Å². The van der Waals surface area contributed by atoms with Crippen molar-refractivity contribution in [2.45, 2.75) is 32.7 Å². The Morgan fingerprint density at radius 2 is 2.00 bits per heavy atom. The first-order valence-corrected chi connectivity index (χ1v) is 5.45. The first-order chi connectivity index (χ1) is 7.22. The smallest absolute Gasteiger partial charge is 0.149 e. The third-order valence-electron chi connectivity index (χ3n) is 2.73. The zero-order valence-electron chi connectivity index (χ0n) is 9.99. The average molecular weight is 208 g/mol. The molecular formula is C11H20N4. The van der Waals surface area contributed by atoms with Gasteiger partial charge < -0.3 is 10.2 Å². The van der Waals surface area contributed by atoms with Crippen LogP contribution in [0.1, 0.15) is 26.7 Å². The van der Waals surface area contributed by atoms with Gasteiger partial charge >= 0.3 is 0 Å². The minimum Gasteiger partial charge on any atom is -0.372 e. The molecule has 0 radical (unpaired) electrons. The molecule has 0 aliphatic carbocycles. The van der Waals surface area contributed by atoms with Gasteiger partial charge in [-0.3, -0.25) is 4.98 Å². The van der Waals surface area contributed by atoms with E-state index in [1.807, 2.05) is 7.05 Å². The van der Waals surface area contributed by atoms with Gasteiger partial charge in [0, 0.05) is 20.1 Å². The highest BCUT2D eigenvalue weighted by Crippen LogP contribution is 2.16. The summed E-state index contributed by atoms with van der Waals surface area (Å²) in [6.45, 7) is 4.39. The van der Waals surface area contributed by atoms with E-state index in [2.05, 4.69) is 41.1 Å². The Morgan fingerprint density at radius 3 is 2.53 bits per heavy atom. The summed E-state index contributed by atoms with van der Waals surface area (Å²) >= 11 is 0. The first-order valence-electron chi connectivity index (χ1n) is 5.45. The van der Waals surface area contributed by atoms with Crippen molar-refractivity contribution >= 4 is 11.6 Å². The summed E-state index contributed by atoms with van der Waals surface area (Å²) in [5, 5.41) is 3.00. The molecular weight excluding hydrogens is 188 g/mol. The molecule has 0 bridgehead atoms. The normalized spacial score (nSPS) is 10.5. The molecule has 1 aromatic heterocycles. The largest absolute Gasteiger partial charge is 0.372 e. The lowest BCUT2D eigenvalue weighted by atomic mass is 10.1. The third-order valence-corrected chi connectivity index (χ3v) is 2.73. The highest BCUT2D eigenvalue weighted by Gasteiger charge is 2.12. The molecule has 84 valence electrons. The van der Waals surface area contributed by atoms with Gasteiger partial charge in [0.25, 0.3) is 0 Å². The predicted molar refractivity (Wildman–Crippen MR) is 64.4 cm³/mol. The molecule has 0 amide bonds. The molecule has 1 N–H and O–H groups in total. The van der Waals surface area contributed by atoms with Crippen LogP contribution >= 0.6 is 0 Å². The van der Waals surface area contributed by atoms with Gasteiger partial charge in [0.05, 0.1) is 12.4 Å². The Morgan fingerprint density at radius 1 is 1.33 bits per heavy atom. The topological polar surface area (TPSA) is 41.1 Å². The maximum atomic E-state index is 4.46. The zero-order valence-corrected chi connectivity index (χ0v) is 9.99. The molecule has 0 spiro atoms. The molecule has 0 atom stereocenters. The Hall–Kier alpha value is -1.32. The van der Waals surface area contributed by atoms with Crippen LogP contribution in [0.3, 0.4) is 0 Å². The number of nitrogens with one attached hydrogen (secondary N) is 1. The van der Waals surface area contributed by atoms with Crippen LogP contribution < -0.4 is 10.2 Å². The highest BCUT2D eigenvalue weighted by molar-refractivity contribution is 5.43. The molecule has 0 saturated carbocycles. The van der Waals surface area contributed by atoms with E-state index in [9.17, 15) is 0 Å². The van der Waals surface area contributed by atoms with E-state index in [1.54, 1.807) is 12.4 Å². The van der Waals surface area contributed by atoms with Gasteiger partial charge in [0.15, 0.2) is 0 Å². The molecule has 4 heteroatoms. The van der Waals surface area contributed by atoms with Crippen LogP contribution in [0.5, 0.6) is 0 Å². The fourth-order valence-electron chi connectivity index (χ4n) is 1.67. The lowest BCUT2D eigenvalue weighted by Gasteiger charge is -2.27. The number of hydrogen-bond acceptors (Lipinski definition) is 4. The van der Waals surface area contributed by atoms with Crippen LogP contribution in [0.4, 0.5) is 11.6 Å². The second-order valence-corrected chi connectivity index (χ2v) is 3.59. The molecule has 15 heavy (non-hydrogen) atoms. The van der Waals surface area contributed by atoms with Gasteiger partial charge in [-0.2, -0.15) is 0 Å². The SMILES string of the molecule is CCC(CC)N(C)c1cncc(NC)n1. The van der Waals surface area contributed by atoms with Crippen molar-refractivity contribution in [1.82, 2.24) is 9.97 Å². The van der Waals surface area contributed by atoms with Crippen molar-refractivity contribution in [3.8, 4) is 0 Å². The average Bonchev–Trinajstić information content (AvgIpc) is 2.30. The molecule has 4 nitrogen and oxygen atoms in total. The number of hydrogen-bond donors (Lipinski definition) is 1. The van der Waals surface area contributed by atoms with Crippen LogP contribution in [-0.2, 0) is 0 Å². The van der Waals surface area contributed by atoms with E-state index < -0.39 is 0 Å². The summed E-state index contributed by atoms with van der Waals surface area (Å²) in [7, 11) is 3.92. The van der Waals surface area contributed by atoms with Gasteiger partial charge in [-0.1, -0.05) is 13.8 Å². The van der Waals surface area contributed by atoms with E-state index >= 15 is 0 Å². The van der Waals surface area contributed by atoms with Crippen molar-refractivity contribution < 1.29 is 0 Å². The lowest BCUT2D eigenvalue weighted by Crippen LogP contribution is -2.31. The second kappa shape index (κ2) is 5.53. The van der Waals surface area contributed by atoms with E-state index in [4.69, 9.17) is 0 Å². The molecule has 1 rings (SSSR count). The maximum Gasteiger partial charge on any atom is 0.149 e. The number of rotatable bonds is 5. The molecule has 1 heterocycles. The van der Waals surface area contributed by atoms with Crippen LogP contribution in [0, 0.1) is 0 Å². The minimum absolute atomic E-state index is 0.534. The van der Waals surface area contributed by atoms with E-state index in [0.29, 0.717) is 6.04 Å². The fourth-order valence-corrected chi connectivity index (χ4v) is 1.67. The van der Waals surface area contributed by atoms with Crippen LogP contribution in [-0.4, -0.2) is 30.1 Å². The summed E-state index contributed by atoms with van der Waals surface area (Å²) in [5.41, 5.74) is 0. The standard InChI is InChI=1S/C11H20N4/c1-5-9(6-2)15(4)11-8-13-7-10(12-3)14-11/h7-9H,5-6H2,1-4H3,(H,12,14). The van der Waals surface area contributed by atoms with Crippen molar-refractivity contribution in [1.29, 1.82) is 0 Å². The number of anilines is 2. The van der Waals surface area contributed by atoms with Crippen molar-refractivity contribution in [3.63, 3.8) is 0 Å². The molecule has 1 aromatic rings. The monoisotopic (exact) mass is 208 g/mol. The molecule has 0 aromatic carbocycles. The van der Waals surface area contributed by atoms with Crippen LogP contribution in [0.2, 0.25) is 0 Å². The number of nitrogens with zero attached hydrogens (tertiary/aromatic N) is 3. The Balaban J connectivity index is 2.84. The van der Waals surface area contributed by atoms with Crippen LogP contribution in [0.15, 0.2) is 12.4 Å². The van der Waals surface area contributed by atoms with Crippen molar-refractivity contribution in [2.24, 2.45) is 0 Å². The van der Waals surface area contributed by atoms with E-state index in [0.717, 1.165) is 24.5 Å². The summed E-state index contributed by atoms with van der Waals surface area (Å²) in [5.74, 6) is 1.74. The van der Waals surface area contributed by atoms with Gasteiger partial charge in [0.1, 0.15) is 11.6 Å². The number of aromatic nitrogens is 2. The molecule has 0 aliphatic heterocycles. The first kappa shape index (κ1) is 11.8. The predicted octanol–water partition coefficient (Wildman–Crippen LogP) is 2.14. The third kappa shape index (κ3) is 2.81. The molecule has 0 unspecified atom stereocenters. The van der Waals surface area contributed by atoms with Gasteiger partial charge in [-0.15, -0.1) is 0 Å². The van der Waals surface area contributed by atoms with Crippen molar-refractivity contribution in [3.05, 3.63) is 12.4 Å². The summed E-state index contributed by atoms with van der Waals surface area (Å²) in [6, 6.07) is 0.534. The summed E-state index contributed by atoms with van der Waals surface area (Å²) in [4.78, 5) is 10.8. The quantitative estimate of drug-likeness (QED) is 0.805. The van der Waals surface area contributed by atoms with E-state index in [1.165, 1.54) is 0 Å². The van der Waals surface area contributed by atoms with E-state index in [-0.39, 0.29) is 0 Å². The minimum atomic E-state index is 0.534. The van der Waals surface area contributed by atoms with Crippen LogP contribution in [0.25, 0.3) is 0 Å². The second-order valence-electron chi connectivity index (χ2n) is 3.59. The molecule has 0 fully saturated rings. The summed E-state index contributed by atoms with van der Waals surface area (Å²) in [6.07, 6.45) is 5.78. The summed E-state index contributed by atoms with van der Waals surface area (Å²) < 4.78 is 0. The maximum absolute atomic E-state index is 4.46. The Labute approximate surface area is 91.7 Å².